The molecule has 0 aliphatic carbocycles. The second-order valence-electron chi connectivity index (χ2n) is 7.40. The third-order valence-electron chi connectivity index (χ3n) is 4.28. The average Bonchev–Trinajstić information content (AvgIpc) is 3.22. The van der Waals surface area contributed by atoms with Crippen molar-refractivity contribution in [3.05, 3.63) is 18.2 Å². The number of aromatic nitrogens is 2. The van der Waals surface area contributed by atoms with Crippen LogP contribution in [0.4, 0.5) is 0 Å². The molecule has 0 spiro atoms. The van der Waals surface area contributed by atoms with Crippen molar-refractivity contribution in [2.24, 2.45) is 11.7 Å². The van der Waals surface area contributed by atoms with E-state index in [1.54, 1.807) is 0 Å². The van der Waals surface area contributed by atoms with Gasteiger partial charge >= 0.3 is 5.97 Å². The number of rotatable bonds is 13. The SMILES string of the molecule is CC(C)CC(NC(=O)C(CS)NC(=O)C(Cc1cnc[nH]1)NC(=O)C(N)CO)C(=O)O. The fourth-order valence-corrected chi connectivity index (χ4v) is 2.88. The van der Waals surface area contributed by atoms with E-state index >= 15 is 0 Å². The van der Waals surface area contributed by atoms with E-state index in [2.05, 4.69) is 38.5 Å². The average molecular weight is 459 g/mol. The molecule has 1 rings (SSSR count). The van der Waals surface area contributed by atoms with Gasteiger partial charge in [0.2, 0.25) is 17.7 Å². The predicted octanol–water partition coefficient (Wildman–Crippen LogP) is -2.21. The molecule has 3 amide bonds. The number of imidazole rings is 1. The second kappa shape index (κ2) is 12.9. The fraction of sp³-hybridized carbons (Fsp3) is 0.611. The number of carbonyl (C=O) groups excluding carboxylic acids is 3. The molecule has 12 nitrogen and oxygen atoms in total. The largest absolute Gasteiger partial charge is 0.480 e. The topological polar surface area (TPSA) is 200 Å². The number of aliphatic hydroxyl groups is 1. The molecule has 0 radical (unpaired) electrons. The summed E-state index contributed by atoms with van der Waals surface area (Å²) in [5, 5.41) is 25.6. The first kappa shape index (κ1) is 26.4. The molecule has 1 aromatic rings. The molecule has 0 saturated heterocycles. The molecular weight excluding hydrogens is 428 g/mol. The highest BCUT2D eigenvalue weighted by Gasteiger charge is 2.30. The van der Waals surface area contributed by atoms with Crippen LogP contribution in [0.5, 0.6) is 0 Å². The maximum atomic E-state index is 12.8. The van der Waals surface area contributed by atoms with Gasteiger partial charge in [-0.1, -0.05) is 13.8 Å². The van der Waals surface area contributed by atoms with Crippen LogP contribution in [0.1, 0.15) is 26.0 Å². The zero-order chi connectivity index (χ0) is 23.6. The summed E-state index contributed by atoms with van der Waals surface area (Å²) in [5.41, 5.74) is 6.03. The first-order chi connectivity index (χ1) is 14.6. The second-order valence-corrected chi connectivity index (χ2v) is 7.77. The maximum Gasteiger partial charge on any atom is 0.326 e. The number of aromatic amines is 1. The quantitative estimate of drug-likeness (QED) is 0.152. The standard InChI is InChI=1S/C18H30N6O6S/c1-9(2)3-13(18(29)30)23-17(28)14(7-31)24-16(27)12(4-10-5-20-8-21-10)22-15(26)11(19)6-25/h5,8-9,11-14,25,31H,3-4,6-7,19H2,1-2H3,(H,20,21)(H,22,26)(H,23,28)(H,24,27)(H,29,30). The number of nitrogens with two attached hydrogens (primary N) is 1. The number of aliphatic hydroxyl groups excluding tert-OH is 1. The van der Waals surface area contributed by atoms with Crippen LogP contribution >= 0.6 is 12.6 Å². The Balaban J connectivity index is 2.89. The van der Waals surface area contributed by atoms with E-state index < -0.39 is 54.5 Å². The first-order valence-corrected chi connectivity index (χ1v) is 10.3. The van der Waals surface area contributed by atoms with Gasteiger partial charge in [-0.05, 0) is 12.3 Å². The molecule has 1 heterocycles. The van der Waals surface area contributed by atoms with Gasteiger partial charge < -0.3 is 36.9 Å². The number of carboxylic acids is 1. The van der Waals surface area contributed by atoms with Crippen LogP contribution in [0.15, 0.2) is 12.5 Å². The number of carbonyl (C=O) groups is 4. The van der Waals surface area contributed by atoms with E-state index in [4.69, 9.17) is 10.8 Å². The number of nitrogens with zero attached hydrogens (tertiary/aromatic N) is 1. The van der Waals surface area contributed by atoms with Crippen LogP contribution in [0.25, 0.3) is 0 Å². The molecule has 4 atom stereocenters. The monoisotopic (exact) mass is 458 g/mol. The van der Waals surface area contributed by atoms with Gasteiger partial charge in [-0.25, -0.2) is 9.78 Å². The number of hydrogen-bond acceptors (Lipinski definition) is 8. The molecule has 0 aromatic carbocycles. The molecule has 174 valence electrons. The predicted molar refractivity (Wildman–Crippen MR) is 114 cm³/mol. The zero-order valence-electron chi connectivity index (χ0n) is 17.4. The molecular formula is C18H30N6O6S. The van der Waals surface area contributed by atoms with Crippen molar-refractivity contribution in [2.45, 2.75) is 50.9 Å². The molecule has 0 aliphatic heterocycles. The van der Waals surface area contributed by atoms with Crippen LogP contribution in [-0.4, -0.2) is 80.4 Å². The van der Waals surface area contributed by atoms with Crippen molar-refractivity contribution >= 4 is 36.3 Å². The number of hydrogen-bond donors (Lipinski definition) is 8. The molecule has 31 heavy (non-hydrogen) atoms. The van der Waals surface area contributed by atoms with E-state index in [0.717, 1.165) is 0 Å². The van der Waals surface area contributed by atoms with Gasteiger partial charge in [0.25, 0.3) is 0 Å². The van der Waals surface area contributed by atoms with Crippen molar-refractivity contribution in [2.75, 3.05) is 12.4 Å². The van der Waals surface area contributed by atoms with Gasteiger partial charge in [0.15, 0.2) is 0 Å². The number of aliphatic carboxylic acids is 1. The van der Waals surface area contributed by atoms with Gasteiger partial charge in [0.1, 0.15) is 24.2 Å². The van der Waals surface area contributed by atoms with Crippen molar-refractivity contribution in [3.63, 3.8) is 0 Å². The Morgan fingerprint density at radius 1 is 1.10 bits per heavy atom. The molecule has 0 bridgehead atoms. The lowest BCUT2D eigenvalue weighted by molar-refractivity contribution is -0.142. The zero-order valence-corrected chi connectivity index (χ0v) is 18.3. The summed E-state index contributed by atoms with van der Waals surface area (Å²) >= 11 is 4.07. The van der Waals surface area contributed by atoms with Crippen molar-refractivity contribution < 1.29 is 29.4 Å². The highest BCUT2D eigenvalue weighted by atomic mass is 32.1. The van der Waals surface area contributed by atoms with Crippen molar-refractivity contribution in [1.82, 2.24) is 25.9 Å². The first-order valence-electron chi connectivity index (χ1n) is 9.67. The lowest BCUT2D eigenvalue weighted by atomic mass is 10.0. The van der Waals surface area contributed by atoms with Crippen LogP contribution in [0.2, 0.25) is 0 Å². The minimum absolute atomic E-state index is 0.0156. The van der Waals surface area contributed by atoms with E-state index in [-0.39, 0.29) is 24.5 Å². The molecule has 8 N–H and O–H groups in total. The lowest BCUT2D eigenvalue weighted by Crippen LogP contribution is -2.58. The summed E-state index contributed by atoms with van der Waals surface area (Å²) < 4.78 is 0. The third-order valence-corrected chi connectivity index (χ3v) is 4.65. The summed E-state index contributed by atoms with van der Waals surface area (Å²) in [6.45, 7) is 3.03. The minimum Gasteiger partial charge on any atom is -0.480 e. The van der Waals surface area contributed by atoms with Gasteiger partial charge in [-0.2, -0.15) is 12.6 Å². The van der Waals surface area contributed by atoms with Crippen molar-refractivity contribution in [3.8, 4) is 0 Å². The molecule has 1 aromatic heterocycles. The van der Waals surface area contributed by atoms with E-state index in [0.29, 0.717) is 5.69 Å². The molecule has 0 aliphatic rings. The number of amides is 3. The third kappa shape index (κ3) is 8.94. The Bertz CT molecular complexity index is 744. The summed E-state index contributed by atoms with van der Waals surface area (Å²) in [6, 6.07) is -4.62. The Labute approximate surface area is 185 Å². The molecule has 0 saturated carbocycles. The van der Waals surface area contributed by atoms with Gasteiger partial charge in [-0.3, -0.25) is 14.4 Å². The van der Waals surface area contributed by atoms with Crippen LogP contribution in [0.3, 0.4) is 0 Å². The Morgan fingerprint density at radius 3 is 2.16 bits per heavy atom. The van der Waals surface area contributed by atoms with Gasteiger partial charge in [-0.15, -0.1) is 0 Å². The smallest absolute Gasteiger partial charge is 0.326 e. The van der Waals surface area contributed by atoms with Crippen molar-refractivity contribution in [1.29, 1.82) is 0 Å². The summed E-state index contributed by atoms with van der Waals surface area (Å²) in [6.07, 6.45) is 3.09. The Kier molecular flexibility index (Phi) is 11.0. The number of H-pyrrole nitrogens is 1. The molecule has 13 heteroatoms. The lowest BCUT2D eigenvalue weighted by Gasteiger charge is -2.24. The van der Waals surface area contributed by atoms with Crippen LogP contribution < -0.4 is 21.7 Å². The van der Waals surface area contributed by atoms with Crippen LogP contribution in [0, 0.1) is 5.92 Å². The highest BCUT2D eigenvalue weighted by molar-refractivity contribution is 7.80. The maximum absolute atomic E-state index is 12.8. The van der Waals surface area contributed by atoms with Crippen LogP contribution in [-0.2, 0) is 25.6 Å². The summed E-state index contributed by atoms with van der Waals surface area (Å²) in [5.74, 6) is -3.44. The molecule has 4 unspecified atom stereocenters. The van der Waals surface area contributed by atoms with Gasteiger partial charge in [0.05, 0.1) is 12.9 Å². The number of thiol groups is 1. The van der Waals surface area contributed by atoms with E-state index in [1.165, 1.54) is 12.5 Å². The normalized spacial score (nSPS) is 14.9. The van der Waals surface area contributed by atoms with E-state index in [1.807, 2.05) is 13.8 Å². The molecule has 0 fully saturated rings. The van der Waals surface area contributed by atoms with E-state index in [9.17, 15) is 24.3 Å². The van der Waals surface area contributed by atoms with Gasteiger partial charge in [0, 0.05) is 24.1 Å². The number of carboxylic acid groups (broad SMARTS) is 1. The number of nitrogens with one attached hydrogen (secondary N) is 4. The summed E-state index contributed by atoms with van der Waals surface area (Å²) in [4.78, 5) is 55.4. The Morgan fingerprint density at radius 2 is 1.68 bits per heavy atom. The summed E-state index contributed by atoms with van der Waals surface area (Å²) in [7, 11) is 0. The highest BCUT2D eigenvalue weighted by Crippen LogP contribution is 2.06. The fourth-order valence-electron chi connectivity index (χ4n) is 2.62. The minimum atomic E-state index is -1.23. The Hall–Kier alpha value is -2.64.